The Hall–Kier alpha value is -3.41. The number of ether oxygens (including phenoxy) is 1. The molecule has 2 amide bonds. The lowest BCUT2D eigenvalue weighted by Gasteiger charge is -2.14. The molecule has 1 atom stereocenters. The number of anilines is 1. The smallest absolute Gasteiger partial charge is 0.414 e. The molecule has 1 aliphatic carbocycles. The quantitative estimate of drug-likeness (QED) is 0.812. The molecule has 1 saturated carbocycles. The fraction of sp³-hybridized carbons (Fsp3) is 0.421. The highest BCUT2D eigenvalue weighted by atomic mass is 16.6. The zero-order chi connectivity index (χ0) is 19.7. The first kappa shape index (κ1) is 18.0. The molecule has 2 aliphatic rings. The second-order valence-corrected chi connectivity index (χ2v) is 7.20. The maximum absolute atomic E-state index is 12.3. The van der Waals surface area contributed by atoms with Gasteiger partial charge in [-0.1, -0.05) is 17.3 Å². The molecule has 9 heteroatoms. The molecule has 144 valence electrons. The van der Waals surface area contributed by atoms with E-state index in [-0.39, 0.29) is 17.4 Å². The van der Waals surface area contributed by atoms with Crippen LogP contribution in [-0.2, 0) is 28.0 Å². The van der Waals surface area contributed by atoms with Gasteiger partial charge in [-0.3, -0.25) is 9.69 Å². The first-order valence-electron chi connectivity index (χ1n) is 9.12. The van der Waals surface area contributed by atoms with E-state index in [1.54, 1.807) is 15.8 Å². The molecule has 0 unspecified atom stereocenters. The SMILES string of the molecule is CC(=O)NCc1cn(C[C@H]2CN(c3ccc(C4(C#N)CC4)cc3)C(=O)O2)nn1. The van der Waals surface area contributed by atoms with Crippen molar-refractivity contribution in [1.29, 1.82) is 5.26 Å². The molecule has 1 N–H and O–H groups in total. The van der Waals surface area contributed by atoms with E-state index in [1.165, 1.54) is 6.92 Å². The van der Waals surface area contributed by atoms with Crippen molar-refractivity contribution in [1.82, 2.24) is 20.3 Å². The molecule has 1 saturated heterocycles. The third-order valence-corrected chi connectivity index (χ3v) is 5.06. The highest BCUT2D eigenvalue weighted by Crippen LogP contribution is 2.47. The number of amides is 2. The molecule has 28 heavy (non-hydrogen) atoms. The van der Waals surface area contributed by atoms with Crippen LogP contribution in [0.2, 0.25) is 0 Å². The van der Waals surface area contributed by atoms with Gasteiger partial charge in [-0.15, -0.1) is 5.10 Å². The van der Waals surface area contributed by atoms with E-state index in [0.29, 0.717) is 25.3 Å². The van der Waals surface area contributed by atoms with Crippen LogP contribution in [0.1, 0.15) is 31.0 Å². The standard InChI is InChI=1S/C19H20N6O3/c1-13(26)21-8-15-9-24(23-22-15)10-17-11-25(18(27)28-17)16-4-2-14(3-5-16)19(12-20)6-7-19/h2-5,9,17H,6-8,10-11H2,1H3,(H,21,26)/t17-/m0/s1. The number of carbonyl (C=O) groups excluding carboxylic acids is 2. The van der Waals surface area contributed by atoms with Crippen molar-refractivity contribution in [2.24, 2.45) is 0 Å². The van der Waals surface area contributed by atoms with Gasteiger partial charge in [0.15, 0.2) is 0 Å². The van der Waals surface area contributed by atoms with Crippen LogP contribution < -0.4 is 10.2 Å². The number of rotatable bonds is 6. The van der Waals surface area contributed by atoms with Gasteiger partial charge in [0, 0.05) is 12.6 Å². The van der Waals surface area contributed by atoms with E-state index in [4.69, 9.17) is 4.74 Å². The Morgan fingerprint density at radius 3 is 2.79 bits per heavy atom. The summed E-state index contributed by atoms with van der Waals surface area (Å²) >= 11 is 0. The predicted molar refractivity (Wildman–Crippen MR) is 98.1 cm³/mol. The summed E-state index contributed by atoms with van der Waals surface area (Å²) in [6.45, 7) is 2.53. The third kappa shape index (κ3) is 3.53. The van der Waals surface area contributed by atoms with Crippen molar-refractivity contribution in [3.8, 4) is 6.07 Å². The van der Waals surface area contributed by atoms with E-state index < -0.39 is 6.09 Å². The number of carbonyl (C=O) groups is 2. The topological polar surface area (TPSA) is 113 Å². The molecule has 0 bridgehead atoms. The largest absolute Gasteiger partial charge is 0.442 e. The van der Waals surface area contributed by atoms with E-state index in [1.807, 2.05) is 24.3 Å². The van der Waals surface area contributed by atoms with Crippen molar-refractivity contribution in [3.05, 3.63) is 41.7 Å². The summed E-state index contributed by atoms with van der Waals surface area (Å²) in [4.78, 5) is 24.8. The summed E-state index contributed by atoms with van der Waals surface area (Å²) in [5.74, 6) is -0.136. The van der Waals surface area contributed by atoms with Crippen LogP contribution in [0.25, 0.3) is 0 Å². The summed E-state index contributed by atoms with van der Waals surface area (Å²) in [6, 6.07) is 9.92. The number of nitriles is 1. The van der Waals surface area contributed by atoms with Crippen LogP contribution >= 0.6 is 0 Å². The molecule has 1 aromatic heterocycles. The Labute approximate surface area is 161 Å². The molecule has 1 aromatic carbocycles. The zero-order valence-corrected chi connectivity index (χ0v) is 15.5. The van der Waals surface area contributed by atoms with Crippen molar-refractivity contribution < 1.29 is 14.3 Å². The highest BCUT2D eigenvalue weighted by molar-refractivity contribution is 5.89. The number of nitrogens with one attached hydrogen (secondary N) is 1. The minimum atomic E-state index is -0.405. The van der Waals surface area contributed by atoms with Crippen molar-refractivity contribution in [2.75, 3.05) is 11.4 Å². The third-order valence-electron chi connectivity index (χ3n) is 5.06. The minimum absolute atomic E-state index is 0.136. The number of benzene rings is 1. The molecular formula is C19H20N6O3. The van der Waals surface area contributed by atoms with Crippen LogP contribution in [0.5, 0.6) is 0 Å². The Morgan fingerprint density at radius 1 is 1.39 bits per heavy atom. The molecule has 0 spiro atoms. The van der Waals surface area contributed by atoms with Crippen LogP contribution in [0, 0.1) is 11.3 Å². The Balaban J connectivity index is 1.38. The van der Waals surface area contributed by atoms with Crippen molar-refractivity contribution >= 4 is 17.7 Å². The molecule has 2 heterocycles. The Bertz CT molecular complexity index is 941. The van der Waals surface area contributed by atoms with Crippen molar-refractivity contribution in [3.63, 3.8) is 0 Å². The van der Waals surface area contributed by atoms with E-state index in [2.05, 4.69) is 21.7 Å². The number of hydrogen-bond donors (Lipinski definition) is 1. The van der Waals surface area contributed by atoms with Crippen LogP contribution in [0.4, 0.5) is 10.5 Å². The van der Waals surface area contributed by atoms with Gasteiger partial charge < -0.3 is 10.1 Å². The average Bonchev–Trinajstić information content (AvgIpc) is 3.23. The van der Waals surface area contributed by atoms with E-state index in [0.717, 1.165) is 24.1 Å². The van der Waals surface area contributed by atoms with Gasteiger partial charge >= 0.3 is 6.09 Å². The first-order valence-corrected chi connectivity index (χ1v) is 9.12. The fourth-order valence-electron chi connectivity index (χ4n) is 3.31. The number of hydrogen-bond acceptors (Lipinski definition) is 6. The van der Waals surface area contributed by atoms with Crippen molar-refractivity contribution in [2.45, 2.75) is 44.4 Å². The minimum Gasteiger partial charge on any atom is -0.442 e. The molecule has 1 aliphatic heterocycles. The van der Waals surface area contributed by atoms with E-state index >= 15 is 0 Å². The first-order chi connectivity index (χ1) is 13.5. The van der Waals surface area contributed by atoms with Gasteiger partial charge in [0.25, 0.3) is 0 Å². The van der Waals surface area contributed by atoms with Gasteiger partial charge in [0.2, 0.25) is 5.91 Å². The second-order valence-electron chi connectivity index (χ2n) is 7.20. The van der Waals surface area contributed by atoms with Gasteiger partial charge in [-0.05, 0) is 30.5 Å². The number of nitrogens with zero attached hydrogens (tertiary/aromatic N) is 5. The Morgan fingerprint density at radius 2 is 2.14 bits per heavy atom. The molecule has 4 rings (SSSR count). The molecule has 9 nitrogen and oxygen atoms in total. The van der Waals surface area contributed by atoms with Gasteiger partial charge in [-0.25, -0.2) is 9.48 Å². The predicted octanol–water partition coefficient (Wildman–Crippen LogP) is 1.49. The van der Waals surface area contributed by atoms with Gasteiger partial charge in [0.05, 0.1) is 37.3 Å². The summed E-state index contributed by atoms with van der Waals surface area (Å²) in [6.07, 6.45) is 2.74. The monoisotopic (exact) mass is 380 g/mol. The summed E-state index contributed by atoms with van der Waals surface area (Å²) in [5.41, 5.74) is 2.04. The van der Waals surface area contributed by atoms with Crippen LogP contribution in [0.3, 0.4) is 0 Å². The second kappa shape index (κ2) is 6.96. The molecule has 0 radical (unpaired) electrons. The number of aromatic nitrogens is 3. The molecular weight excluding hydrogens is 360 g/mol. The summed E-state index contributed by atoms with van der Waals surface area (Å²) in [5, 5.41) is 20.0. The fourth-order valence-corrected chi connectivity index (χ4v) is 3.31. The lowest BCUT2D eigenvalue weighted by molar-refractivity contribution is -0.119. The highest BCUT2D eigenvalue weighted by Gasteiger charge is 2.45. The lowest BCUT2D eigenvalue weighted by Crippen LogP contribution is -2.26. The summed E-state index contributed by atoms with van der Waals surface area (Å²) in [7, 11) is 0. The maximum atomic E-state index is 12.3. The maximum Gasteiger partial charge on any atom is 0.414 e. The average molecular weight is 380 g/mol. The Kier molecular flexibility index (Phi) is 4.47. The number of cyclic esters (lactones) is 1. The van der Waals surface area contributed by atoms with Gasteiger partial charge in [-0.2, -0.15) is 5.26 Å². The summed E-state index contributed by atoms with van der Waals surface area (Å²) < 4.78 is 7.05. The van der Waals surface area contributed by atoms with Gasteiger partial charge in [0.1, 0.15) is 11.8 Å². The lowest BCUT2D eigenvalue weighted by atomic mass is 9.97. The normalized spacial score (nSPS) is 19.8. The van der Waals surface area contributed by atoms with Crippen LogP contribution in [-0.4, -0.2) is 39.6 Å². The molecule has 2 fully saturated rings. The van der Waals surface area contributed by atoms with E-state index in [9.17, 15) is 14.9 Å². The zero-order valence-electron chi connectivity index (χ0n) is 15.5. The molecule has 2 aromatic rings. The van der Waals surface area contributed by atoms with Crippen LogP contribution in [0.15, 0.2) is 30.5 Å².